The van der Waals surface area contributed by atoms with Gasteiger partial charge in [-0.05, 0) is 38.7 Å². The molecule has 0 spiro atoms. The second-order valence-corrected chi connectivity index (χ2v) is 3.42. The maximum Gasteiger partial charge on any atom is 0.0472 e. The van der Waals surface area contributed by atoms with E-state index in [0.29, 0.717) is 0 Å². The van der Waals surface area contributed by atoms with Crippen molar-refractivity contribution in [2.24, 2.45) is 0 Å². The Bertz CT molecular complexity index is 228. The van der Waals surface area contributed by atoms with Crippen LogP contribution in [0.4, 0.5) is 0 Å². The molecular formula is C11H19NO. The van der Waals surface area contributed by atoms with Gasteiger partial charge in [0.05, 0.1) is 0 Å². The lowest BCUT2D eigenvalue weighted by Crippen LogP contribution is -2.17. The second kappa shape index (κ2) is 5.07. The van der Waals surface area contributed by atoms with Crippen molar-refractivity contribution in [3.63, 3.8) is 0 Å². The van der Waals surface area contributed by atoms with Crippen molar-refractivity contribution in [1.82, 2.24) is 5.32 Å². The number of rotatable bonds is 4. The zero-order valence-electron chi connectivity index (χ0n) is 8.56. The first kappa shape index (κ1) is 10.3. The number of aliphatic hydroxyl groups excluding tert-OH is 1. The lowest BCUT2D eigenvalue weighted by atomic mass is 9.94. The average molecular weight is 181 g/mol. The third-order valence-electron chi connectivity index (χ3n) is 2.44. The molecule has 0 atom stereocenters. The second-order valence-electron chi connectivity index (χ2n) is 3.42. The summed E-state index contributed by atoms with van der Waals surface area (Å²) in [6.07, 6.45) is 5.29. The molecule has 0 aromatic rings. The van der Waals surface area contributed by atoms with Crippen LogP contribution in [0.5, 0.6) is 0 Å². The van der Waals surface area contributed by atoms with Gasteiger partial charge in [0.1, 0.15) is 0 Å². The van der Waals surface area contributed by atoms with Crippen molar-refractivity contribution in [3.05, 3.63) is 22.9 Å². The molecule has 74 valence electrons. The summed E-state index contributed by atoms with van der Waals surface area (Å²) in [6.45, 7) is 5.46. The summed E-state index contributed by atoms with van der Waals surface area (Å²) < 4.78 is 0. The van der Waals surface area contributed by atoms with Crippen LogP contribution in [0.15, 0.2) is 22.9 Å². The highest BCUT2D eigenvalue weighted by molar-refractivity contribution is 5.36. The van der Waals surface area contributed by atoms with Crippen LogP contribution in [0.2, 0.25) is 0 Å². The third kappa shape index (κ3) is 2.59. The Kier molecular flexibility index (Phi) is 4.03. The average Bonchev–Trinajstić information content (AvgIpc) is 2.11. The molecule has 0 saturated carbocycles. The van der Waals surface area contributed by atoms with E-state index in [-0.39, 0.29) is 6.61 Å². The first-order valence-electron chi connectivity index (χ1n) is 5.03. The van der Waals surface area contributed by atoms with Gasteiger partial charge in [-0.15, -0.1) is 0 Å². The number of allylic oxidation sites excluding steroid dienone is 3. The molecule has 0 saturated heterocycles. The molecule has 0 radical (unpaired) electrons. The molecule has 13 heavy (non-hydrogen) atoms. The summed E-state index contributed by atoms with van der Waals surface area (Å²) in [5.41, 5.74) is 3.98. The third-order valence-corrected chi connectivity index (χ3v) is 2.44. The quantitative estimate of drug-likeness (QED) is 0.695. The van der Waals surface area contributed by atoms with Crippen LogP contribution >= 0.6 is 0 Å². The van der Waals surface area contributed by atoms with E-state index in [0.717, 1.165) is 25.8 Å². The van der Waals surface area contributed by atoms with E-state index in [1.165, 1.54) is 16.8 Å². The monoisotopic (exact) mass is 181 g/mol. The first-order chi connectivity index (χ1) is 6.29. The highest BCUT2D eigenvalue weighted by Gasteiger charge is 2.11. The van der Waals surface area contributed by atoms with Crippen molar-refractivity contribution in [2.75, 3.05) is 13.2 Å². The zero-order valence-corrected chi connectivity index (χ0v) is 8.56. The number of nitrogens with one attached hydrogen (secondary N) is 1. The van der Waals surface area contributed by atoms with Crippen LogP contribution in [0.25, 0.3) is 0 Å². The summed E-state index contributed by atoms with van der Waals surface area (Å²) in [5.74, 6) is 0. The van der Waals surface area contributed by atoms with Gasteiger partial charge in [0.2, 0.25) is 0 Å². The number of hydrogen-bond donors (Lipinski definition) is 2. The van der Waals surface area contributed by atoms with Crippen molar-refractivity contribution in [2.45, 2.75) is 33.1 Å². The smallest absolute Gasteiger partial charge is 0.0472 e. The van der Waals surface area contributed by atoms with E-state index in [1.807, 2.05) is 0 Å². The lowest BCUT2D eigenvalue weighted by molar-refractivity contribution is 0.298. The molecule has 2 nitrogen and oxygen atoms in total. The molecule has 1 rings (SSSR count). The van der Waals surface area contributed by atoms with Crippen molar-refractivity contribution in [3.8, 4) is 0 Å². The minimum absolute atomic E-state index is 0.245. The SMILES string of the molecule is CCNC1=CCCC(C)=C1CCO. The summed E-state index contributed by atoms with van der Waals surface area (Å²) in [4.78, 5) is 0. The number of hydrogen-bond acceptors (Lipinski definition) is 2. The minimum atomic E-state index is 0.245. The Morgan fingerprint density at radius 3 is 2.92 bits per heavy atom. The van der Waals surface area contributed by atoms with Crippen molar-refractivity contribution < 1.29 is 5.11 Å². The number of likely N-dealkylation sites (N-methyl/N-ethyl adjacent to an activating group) is 1. The van der Waals surface area contributed by atoms with Crippen LogP contribution in [0, 0.1) is 0 Å². The van der Waals surface area contributed by atoms with Crippen LogP contribution < -0.4 is 5.32 Å². The zero-order chi connectivity index (χ0) is 9.68. The molecular weight excluding hydrogens is 162 g/mol. The highest BCUT2D eigenvalue weighted by atomic mass is 16.2. The highest BCUT2D eigenvalue weighted by Crippen LogP contribution is 2.25. The molecule has 0 heterocycles. The van der Waals surface area contributed by atoms with Crippen molar-refractivity contribution >= 4 is 0 Å². The summed E-state index contributed by atoms with van der Waals surface area (Å²) in [6, 6.07) is 0. The fourth-order valence-corrected chi connectivity index (χ4v) is 1.77. The van der Waals surface area contributed by atoms with Gasteiger partial charge in [0, 0.05) is 18.8 Å². The van der Waals surface area contributed by atoms with E-state index in [1.54, 1.807) is 0 Å². The molecule has 0 aromatic heterocycles. The predicted octanol–water partition coefficient (Wildman–Crippen LogP) is 1.97. The summed E-state index contributed by atoms with van der Waals surface area (Å²) in [5, 5.41) is 12.3. The van der Waals surface area contributed by atoms with Gasteiger partial charge < -0.3 is 10.4 Å². The van der Waals surface area contributed by atoms with E-state index in [9.17, 15) is 0 Å². The van der Waals surface area contributed by atoms with E-state index in [2.05, 4.69) is 25.2 Å². The molecule has 1 aliphatic rings. The normalized spacial score (nSPS) is 17.3. The molecule has 0 amide bonds. The Morgan fingerprint density at radius 2 is 2.31 bits per heavy atom. The Labute approximate surface area is 80.3 Å². The fraction of sp³-hybridized carbons (Fsp3) is 0.636. The molecule has 0 bridgehead atoms. The Morgan fingerprint density at radius 1 is 1.54 bits per heavy atom. The van der Waals surface area contributed by atoms with E-state index >= 15 is 0 Å². The van der Waals surface area contributed by atoms with Gasteiger partial charge in [-0.1, -0.05) is 11.6 Å². The Balaban J connectivity index is 2.74. The maximum atomic E-state index is 8.93. The van der Waals surface area contributed by atoms with Crippen LogP contribution in [-0.2, 0) is 0 Å². The molecule has 0 fully saturated rings. The Hall–Kier alpha value is -0.760. The molecule has 1 aliphatic carbocycles. The molecule has 0 aromatic carbocycles. The summed E-state index contributed by atoms with van der Waals surface area (Å²) >= 11 is 0. The van der Waals surface area contributed by atoms with Gasteiger partial charge >= 0.3 is 0 Å². The topological polar surface area (TPSA) is 32.3 Å². The molecule has 0 aliphatic heterocycles. The molecule has 0 unspecified atom stereocenters. The van der Waals surface area contributed by atoms with Crippen LogP contribution in [0.1, 0.15) is 33.1 Å². The summed E-state index contributed by atoms with van der Waals surface area (Å²) in [7, 11) is 0. The van der Waals surface area contributed by atoms with Crippen LogP contribution in [0.3, 0.4) is 0 Å². The van der Waals surface area contributed by atoms with Gasteiger partial charge in [-0.2, -0.15) is 0 Å². The van der Waals surface area contributed by atoms with Gasteiger partial charge in [0.25, 0.3) is 0 Å². The number of aliphatic hydroxyl groups is 1. The van der Waals surface area contributed by atoms with Gasteiger partial charge in [-0.25, -0.2) is 0 Å². The van der Waals surface area contributed by atoms with Crippen molar-refractivity contribution in [1.29, 1.82) is 0 Å². The lowest BCUT2D eigenvalue weighted by Gasteiger charge is -2.20. The fourth-order valence-electron chi connectivity index (χ4n) is 1.77. The predicted molar refractivity (Wildman–Crippen MR) is 55.4 cm³/mol. The van der Waals surface area contributed by atoms with E-state index < -0.39 is 0 Å². The van der Waals surface area contributed by atoms with E-state index in [4.69, 9.17) is 5.11 Å². The van der Waals surface area contributed by atoms with Crippen LogP contribution in [-0.4, -0.2) is 18.3 Å². The molecule has 2 heteroatoms. The van der Waals surface area contributed by atoms with Gasteiger partial charge in [0.15, 0.2) is 0 Å². The largest absolute Gasteiger partial charge is 0.396 e. The van der Waals surface area contributed by atoms with Gasteiger partial charge in [-0.3, -0.25) is 0 Å². The maximum absolute atomic E-state index is 8.93. The molecule has 2 N–H and O–H groups in total. The first-order valence-corrected chi connectivity index (χ1v) is 5.03. The standard InChI is InChI=1S/C11H19NO/c1-3-12-11-6-4-5-9(2)10(11)7-8-13/h6,12-13H,3-5,7-8H2,1-2H3. The minimum Gasteiger partial charge on any atom is -0.396 e.